The Bertz CT molecular complexity index is 305. The third-order valence-corrected chi connectivity index (χ3v) is 1.78. The van der Waals surface area contributed by atoms with Gasteiger partial charge in [0.15, 0.2) is 6.29 Å². The molecule has 0 saturated heterocycles. The molecular formula is C6H5BClNO3. The van der Waals surface area contributed by atoms with Gasteiger partial charge in [-0.05, 0) is 0 Å². The van der Waals surface area contributed by atoms with Crippen LogP contribution in [0.1, 0.15) is 10.4 Å². The number of pyridine rings is 1. The molecule has 1 aromatic rings. The van der Waals surface area contributed by atoms with Crippen LogP contribution >= 0.6 is 11.6 Å². The molecule has 62 valence electrons. The lowest BCUT2D eigenvalue weighted by Gasteiger charge is -2.02. The number of aromatic nitrogens is 1. The van der Waals surface area contributed by atoms with Crippen LogP contribution in [-0.4, -0.2) is 28.4 Å². The highest BCUT2D eigenvalue weighted by molar-refractivity contribution is 6.63. The molecule has 0 aliphatic heterocycles. The van der Waals surface area contributed by atoms with Crippen LogP contribution in [0.4, 0.5) is 0 Å². The highest BCUT2D eigenvalue weighted by Crippen LogP contribution is 2.08. The third kappa shape index (κ3) is 1.63. The lowest BCUT2D eigenvalue weighted by Crippen LogP contribution is -2.31. The summed E-state index contributed by atoms with van der Waals surface area (Å²) in [4.78, 5) is 13.9. The Hall–Kier alpha value is -0.905. The molecule has 1 rings (SSSR count). The van der Waals surface area contributed by atoms with Crippen molar-refractivity contribution in [2.24, 2.45) is 0 Å². The van der Waals surface area contributed by atoms with E-state index in [1.165, 1.54) is 12.4 Å². The van der Waals surface area contributed by atoms with E-state index >= 15 is 0 Å². The molecule has 0 bridgehead atoms. The van der Waals surface area contributed by atoms with E-state index in [-0.39, 0.29) is 16.0 Å². The molecule has 1 aromatic heterocycles. The van der Waals surface area contributed by atoms with Crippen molar-refractivity contribution in [3.8, 4) is 0 Å². The zero-order valence-electron chi connectivity index (χ0n) is 5.94. The van der Waals surface area contributed by atoms with Crippen molar-refractivity contribution >= 4 is 30.5 Å². The van der Waals surface area contributed by atoms with Crippen LogP contribution in [0.3, 0.4) is 0 Å². The van der Waals surface area contributed by atoms with Gasteiger partial charge in [0.2, 0.25) is 0 Å². The van der Waals surface area contributed by atoms with E-state index in [1.54, 1.807) is 0 Å². The molecule has 0 saturated carbocycles. The summed E-state index contributed by atoms with van der Waals surface area (Å²) in [5.74, 6) is 0. The maximum Gasteiger partial charge on any atom is 0.491 e. The summed E-state index contributed by atoms with van der Waals surface area (Å²) in [5, 5.41) is 17.5. The monoisotopic (exact) mass is 185 g/mol. The molecule has 0 spiro atoms. The van der Waals surface area contributed by atoms with Crippen LogP contribution in [0.15, 0.2) is 12.4 Å². The predicted octanol–water partition coefficient (Wildman–Crippen LogP) is -0.773. The first-order valence-corrected chi connectivity index (χ1v) is 3.49. The number of nitrogens with zero attached hydrogens (tertiary/aromatic N) is 1. The van der Waals surface area contributed by atoms with Gasteiger partial charge in [-0.2, -0.15) is 0 Å². The fourth-order valence-electron chi connectivity index (χ4n) is 0.740. The fourth-order valence-corrected chi connectivity index (χ4v) is 0.980. The predicted molar refractivity (Wildman–Crippen MR) is 44.5 cm³/mol. The number of hydrogen-bond acceptors (Lipinski definition) is 4. The van der Waals surface area contributed by atoms with Gasteiger partial charge in [-0.15, -0.1) is 0 Å². The summed E-state index contributed by atoms with van der Waals surface area (Å²) in [6.45, 7) is 0. The second kappa shape index (κ2) is 3.66. The molecule has 0 aromatic carbocycles. The number of halogens is 1. The van der Waals surface area contributed by atoms with Crippen molar-refractivity contribution in [3.05, 3.63) is 23.0 Å². The minimum absolute atomic E-state index is 0.0231. The van der Waals surface area contributed by atoms with Crippen molar-refractivity contribution in [1.82, 2.24) is 4.98 Å². The van der Waals surface area contributed by atoms with Crippen molar-refractivity contribution in [2.75, 3.05) is 0 Å². The van der Waals surface area contributed by atoms with Gasteiger partial charge in [-0.25, -0.2) is 0 Å². The molecule has 0 aliphatic rings. The van der Waals surface area contributed by atoms with Crippen LogP contribution in [0, 0.1) is 0 Å². The Morgan fingerprint density at radius 2 is 2.17 bits per heavy atom. The minimum Gasteiger partial charge on any atom is -0.423 e. The first kappa shape index (κ1) is 9.19. The van der Waals surface area contributed by atoms with Gasteiger partial charge in [0.1, 0.15) is 0 Å². The Balaban J connectivity index is 3.22. The first-order chi connectivity index (χ1) is 5.66. The van der Waals surface area contributed by atoms with E-state index in [0.29, 0.717) is 6.29 Å². The Kier molecular flexibility index (Phi) is 2.81. The molecule has 0 fully saturated rings. The Morgan fingerprint density at radius 1 is 1.50 bits per heavy atom. The second-order valence-corrected chi connectivity index (χ2v) is 2.50. The zero-order valence-corrected chi connectivity index (χ0v) is 6.69. The van der Waals surface area contributed by atoms with E-state index in [1.807, 2.05) is 0 Å². The van der Waals surface area contributed by atoms with E-state index in [9.17, 15) is 4.79 Å². The van der Waals surface area contributed by atoms with Crippen LogP contribution < -0.4 is 5.46 Å². The Labute approximate surface area is 74.0 Å². The number of aldehydes is 1. The first-order valence-electron chi connectivity index (χ1n) is 3.11. The van der Waals surface area contributed by atoms with E-state index < -0.39 is 7.12 Å². The second-order valence-electron chi connectivity index (χ2n) is 2.12. The molecule has 0 aliphatic carbocycles. The highest BCUT2D eigenvalue weighted by Gasteiger charge is 2.17. The number of carbonyl (C=O) groups excluding carboxylic acids is 1. The number of rotatable bonds is 2. The zero-order chi connectivity index (χ0) is 9.14. The molecule has 1 heterocycles. The van der Waals surface area contributed by atoms with Gasteiger partial charge in [-0.3, -0.25) is 9.78 Å². The van der Waals surface area contributed by atoms with Crippen LogP contribution in [0.2, 0.25) is 5.02 Å². The topological polar surface area (TPSA) is 70.4 Å². The van der Waals surface area contributed by atoms with Gasteiger partial charge in [-0.1, -0.05) is 11.6 Å². The highest BCUT2D eigenvalue weighted by atomic mass is 35.5. The maximum atomic E-state index is 10.3. The largest absolute Gasteiger partial charge is 0.491 e. The van der Waals surface area contributed by atoms with Gasteiger partial charge >= 0.3 is 7.12 Å². The molecule has 6 heteroatoms. The average molecular weight is 185 g/mol. The summed E-state index contributed by atoms with van der Waals surface area (Å²) in [5.41, 5.74) is 0.170. The number of hydrogen-bond donors (Lipinski definition) is 2. The normalized spacial score (nSPS) is 9.58. The number of carbonyl (C=O) groups is 1. The Morgan fingerprint density at radius 3 is 2.67 bits per heavy atom. The van der Waals surface area contributed by atoms with Crippen molar-refractivity contribution < 1.29 is 14.8 Å². The maximum absolute atomic E-state index is 10.3. The SMILES string of the molecule is O=Cc1cncc(B(O)O)c1Cl. The van der Waals surface area contributed by atoms with E-state index in [2.05, 4.69) is 4.98 Å². The van der Waals surface area contributed by atoms with E-state index in [0.717, 1.165) is 0 Å². The quantitative estimate of drug-likeness (QED) is 0.469. The molecule has 12 heavy (non-hydrogen) atoms. The van der Waals surface area contributed by atoms with Crippen LogP contribution in [0.5, 0.6) is 0 Å². The smallest absolute Gasteiger partial charge is 0.423 e. The van der Waals surface area contributed by atoms with Gasteiger partial charge in [0, 0.05) is 17.9 Å². The molecule has 0 amide bonds. The van der Waals surface area contributed by atoms with Gasteiger partial charge < -0.3 is 10.0 Å². The molecule has 0 unspecified atom stereocenters. The molecule has 4 nitrogen and oxygen atoms in total. The molecule has 0 atom stereocenters. The van der Waals surface area contributed by atoms with Crippen molar-refractivity contribution in [2.45, 2.75) is 0 Å². The van der Waals surface area contributed by atoms with Gasteiger partial charge in [0.25, 0.3) is 0 Å². The molecule has 0 radical (unpaired) electrons. The van der Waals surface area contributed by atoms with E-state index in [4.69, 9.17) is 21.6 Å². The van der Waals surface area contributed by atoms with Crippen LogP contribution in [0.25, 0.3) is 0 Å². The summed E-state index contributed by atoms with van der Waals surface area (Å²) in [6.07, 6.45) is 2.95. The molecular weight excluding hydrogens is 180 g/mol. The van der Waals surface area contributed by atoms with Crippen molar-refractivity contribution in [3.63, 3.8) is 0 Å². The lowest BCUT2D eigenvalue weighted by atomic mass is 9.81. The summed E-state index contributed by atoms with van der Waals surface area (Å²) in [7, 11) is -1.70. The van der Waals surface area contributed by atoms with Crippen molar-refractivity contribution in [1.29, 1.82) is 0 Å². The third-order valence-electron chi connectivity index (χ3n) is 1.34. The fraction of sp³-hybridized carbons (Fsp3) is 0. The van der Waals surface area contributed by atoms with Gasteiger partial charge in [0.05, 0.1) is 10.6 Å². The summed E-state index contributed by atoms with van der Waals surface area (Å²) < 4.78 is 0. The summed E-state index contributed by atoms with van der Waals surface area (Å²) >= 11 is 5.61. The molecule has 2 N–H and O–H groups in total. The summed E-state index contributed by atoms with van der Waals surface area (Å²) in [6, 6.07) is 0. The lowest BCUT2D eigenvalue weighted by molar-refractivity contribution is 0.112. The average Bonchev–Trinajstić information content (AvgIpc) is 2.04. The standard InChI is InChI=1S/C6H5BClNO3/c8-6-4(3-10)1-9-2-5(6)7(11)12/h1-3,11-12H. The van der Waals surface area contributed by atoms with Crippen LogP contribution in [-0.2, 0) is 0 Å². The minimum atomic E-state index is -1.70.